The largest absolute Gasteiger partial charge is 0.350 e. The molecule has 1 aliphatic carbocycles. The van der Waals surface area contributed by atoms with E-state index >= 15 is 0 Å². The number of carbonyl (C=O) groups excluding carboxylic acids is 1. The highest BCUT2D eigenvalue weighted by atomic mass is 35.5. The first-order chi connectivity index (χ1) is 16.7. The highest BCUT2D eigenvalue weighted by Gasteiger charge is 2.32. The molecule has 0 radical (unpaired) electrons. The van der Waals surface area contributed by atoms with E-state index in [9.17, 15) is 18.8 Å². The van der Waals surface area contributed by atoms with Crippen LogP contribution in [0.25, 0.3) is 6.08 Å². The summed E-state index contributed by atoms with van der Waals surface area (Å²) in [6, 6.07) is 11.8. The van der Waals surface area contributed by atoms with Crippen molar-refractivity contribution in [2.45, 2.75) is 64.0 Å². The van der Waals surface area contributed by atoms with E-state index in [4.69, 9.17) is 0 Å². The van der Waals surface area contributed by atoms with Crippen LogP contribution in [0.2, 0.25) is 0 Å². The Morgan fingerprint density at radius 1 is 1.17 bits per heavy atom. The molecule has 1 aliphatic heterocycles. The van der Waals surface area contributed by atoms with Crippen molar-refractivity contribution < 1.29 is 13.6 Å². The number of hydrogen-bond donors (Lipinski definition) is 1. The molecule has 36 heavy (non-hydrogen) atoms. The van der Waals surface area contributed by atoms with Crippen LogP contribution >= 0.6 is 12.4 Å². The molecule has 4 rings (SSSR count). The van der Waals surface area contributed by atoms with E-state index in [1.165, 1.54) is 35.4 Å². The number of amides is 1. The van der Waals surface area contributed by atoms with Gasteiger partial charge in [-0.2, -0.15) is 5.26 Å². The van der Waals surface area contributed by atoms with Gasteiger partial charge in [0.1, 0.15) is 11.6 Å². The smallest absolute Gasteiger partial charge is 0.244 e. The van der Waals surface area contributed by atoms with Crippen molar-refractivity contribution in [1.29, 1.82) is 5.26 Å². The number of nitriles is 1. The minimum Gasteiger partial charge on any atom is -0.350 e. The van der Waals surface area contributed by atoms with Crippen LogP contribution in [0.1, 0.15) is 68.2 Å². The van der Waals surface area contributed by atoms with Crippen LogP contribution in [0, 0.1) is 28.9 Å². The summed E-state index contributed by atoms with van der Waals surface area (Å²) in [5, 5.41) is 12.3. The van der Waals surface area contributed by atoms with E-state index in [1.807, 2.05) is 12.1 Å². The molecule has 1 fully saturated rings. The van der Waals surface area contributed by atoms with Gasteiger partial charge in [-0.3, -0.25) is 9.69 Å². The van der Waals surface area contributed by atoms with E-state index in [2.05, 4.69) is 36.2 Å². The number of fused-ring (bicyclic) bond motifs is 1. The summed E-state index contributed by atoms with van der Waals surface area (Å²) in [6.45, 7) is 7.48. The topological polar surface area (TPSA) is 56.1 Å². The van der Waals surface area contributed by atoms with E-state index in [1.54, 1.807) is 0 Å². The molecule has 0 aromatic heterocycles. The summed E-state index contributed by atoms with van der Waals surface area (Å²) in [5.41, 5.74) is 3.55. The molecule has 1 N–H and O–H groups in total. The number of halogens is 3. The Labute approximate surface area is 218 Å². The van der Waals surface area contributed by atoms with E-state index in [0.29, 0.717) is 5.92 Å². The highest BCUT2D eigenvalue weighted by molar-refractivity contribution is 5.91. The second-order valence-electron chi connectivity index (χ2n) is 10.6. The van der Waals surface area contributed by atoms with Crippen molar-refractivity contribution in [1.82, 2.24) is 10.2 Å². The van der Waals surface area contributed by atoms with Gasteiger partial charge in [0.2, 0.25) is 5.91 Å². The van der Waals surface area contributed by atoms with Crippen molar-refractivity contribution in [3.05, 3.63) is 76.4 Å². The standard InChI is InChI=1S/C29H33F2N3O.ClH/c1-29(2)19-34(18-23-6-3-21(17-32)15-26(23)29)14-13-20-4-10-25(11-5-20)33-28(35)12-8-22-7-9-24(30)16-27(22)31;/h3,6-9,12,15-16,20,25H,4-5,10-11,13-14,18-19H2,1-2H3,(H,33,35);1H/b12-8+;. The zero-order valence-corrected chi connectivity index (χ0v) is 21.7. The molecule has 0 atom stereocenters. The molecule has 0 unspecified atom stereocenters. The van der Waals surface area contributed by atoms with Gasteiger partial charge in [-0.1, -0.05) is 19.9 Å². The summed E-state index contributed by atoms with van der Waals surface area (Å²) in [5.74, 6) is -0.908. The fourth-order valence-corrected chi connectivity index (χ4v) is 5.53. The van der Waals surface area contributed by atoms with E-state index in [-0.39, 0.29) is 35.3 Å². The zero-order chi connectivity index (χ0) is 25.0. The molecule has 0 spiro atoms. The molecule has 0 saturated heterocycles. The molecule has 1 heterocycles. The quantitative estimate of drug-likeness (QED) is 0.473. The van der Waals surface area contributed by atoms with Gasteiger partial charge in [0.25, 0.3) is 0 Å². The van der Waals surface area contributed by atoms with Crippen LogP contribution in [0.15, 0.2) is 42.5 Å². The summed E-state index contributed by atoms with van der Waals surface area (Å²) in [6.07, 6.45) is 7.90. The maximum absolute atomic E-state index is 13.7. The van der Waals surface area contributed by atoms with Gasteiger partial charge in [0.05, 0.1) is 11.6 Å². The molecule has 2 aromatic carbocycles. The molecule has 192 valence electrons. The molecule has 2 aromatic rings. The number of nitrogens with one attached hydrogen (secondary N) is 1. The van der Waals surface area contributed by atoms with E-state index in [0.717, 1.165) is 63.4 Å². The Kier molecular flexibility index (Phi) is 9.27. The van der Waals surface area contributed by atoms with Crippen LogP contribution in [0.3, 0.4) is 0 Å². The van der Waals surface area contributed by atoms with Crippen molar-refractivity contribution in [3.63, 3.8) is 0 Å². The van der Waals surface area contributed by atoms with Crippen LogP contribution in [-0.4, -0.2) is 29.9 Å². The molecular weight excluding hydrogens is 480 g/mol. The number of hydrogen-bond acceptors (Lipinski definition) is 3. The molecular formula is C29H34ClF2N3O. The monoisotopic (exact) mass is 513 g/mol. The second-order valence-corrected chi connectivity index (χ2v) is 10.6. The lowest BCUT2D eigenvalue weighted by atomic mass is 9.77. The van der Waals surface area contributed by atoms with Gasteiger partial charge in [-0.25, -0.2) is 8.78 Å². The van der Waals surface area contributed by atoms with Gasteiger partial charge < -0.3 is 5.32 Å². The number of nitrogens with zero attached hydrogens (tertiary/aromatic N) is 2. The van der Waals surface area contributed by atoms with Crippen molar-refractivity contribution in [2.75, 3.05) is 13.1 Å². The maximum Gasteiger partial charge on any atom is 0.244 e. The minimum absolute atomic E-state index is 0. The normalized spacial score (nSPS) is 21.3. The fraction of sp³-hybridized carbons (Fsp3) is 0.448. The second kappa shape index (κ2) is 12.0. The van der Waals surface area contributed by atoms with Gasteiger partial charge in [0, 0.05) is 42.3 Å². The summed E-state index contributed by atoms with van der Waals surface area (Å²) < 4.78 is 26.7. The van der Waals surface area contributed by atoms with Crippen molar-refractivity contribution in [3.8, 4) is 6.07 Å². The SMILES string of the molecule is CC1(C)CN(CCC2CCC(NC(=O)/C=C/c3ccc(F)cc3F)CC2)Cc2ccc(C#N)cc21.Cl. The molecule has 2 aliphatic rings. The first-order valence-corrected chi connectivity index (χ1v) is 12.4. The van der Waals surface area contributed by atoms with Crippen molar-refractivity contribution >= 4 is 24.4 Å². The summed E-state index contributed by atoms with van der Waals surface area (Å²) in [7, 11) is 0. The molecule has 7 heteroatoms. The van der Waals surface area contributed by atoms with Crippen LogP contribution < -0.4 is 5.32 Å². The average molecular weight is 514 g/mol. The Morgan fingerprint density at radius 2 is 1.92 bits per heavy atom. The Balaban J connectivity index is 0.00000361. The maximum atomic E-state index is 13.7. The predicted octanol–water partition coefficient (Wildman–Crippen LogP) is 6.13. The van der Waals surface area contributed by atoms with Gasteiger partial charge in [0.15, 0.2) is 0 Å². The minimum atomic E-state index is -0.679. The number of benzene rings is 2. The Hall–Kier alpha value is -2.75. The number of rotatable bonds is 6. The van der Waals surface area contributed by atoms with Gasteiger partial charge in [-0.15, -0.1) is 12.4 Å². The predicted molar refractivity (Wildman–Crippen MR) is 141 cm³/mol. The first-order valence-electron chi connectivity index (χ1n) is 12.4. The lowest BCUT2D eigenvalue weighted by Gasteiger charge is -2.41. The third-order valence-corrected chi connectivity index (χ3v) is 7.40. The average Bonchev–Trinajstić information content (AvgIpc) is 2.82. The molecule has 4 nitrogen and oxygen atoms in total. The third-order valence-electron chi connectivity index (χ3n) is 7.40. The highest BCUT2D eigenvalue weighted by Crippen LogP contribution is 2.35. The van der Waals surface area contributed by atoms with Crippen LogP contribution in [0.4, 0.5) is 8.78 Å². The van der Waals surface area contributed by atoms with Gasteiger partial charge >= 0.3 is 0 Å². The molecule has 0 bridgehead atoms. The van der Waals surface area contributed by atoms with Gasteiger partial charge in [-0.05, 0) is 86.0 Å². The lowest BCUT2D eigenvalue weighted by Crippen LogP contribution is -2.43. The molecule has 1 saturated carbocycles. The van der Waals surface area contributed by atoms with Crippen LogP contribution in [-0.2, 0) is 16.8 Å². The first kappa shape index (κ1) is 27.8. The van der Waals surface area contributed by atoms with E-state index < -0.39 is 11.6 Å². The molecule has 1 amide bonds. The number of carbonyl (C=O) groups is 1. The Morgan fingerprint density at radius 3 is 2.61 bits per heavy atom. The summed E-state index contributed by atoms with van der Waals surface area (Å²) >= 11 is 0. The fourth-order valence-electron chi connectivity index (χ4n) is 5.53. The zero-order valence-electron chi connectivity index (χ0n) is 20.9. The Bertz CT molecular complexity index is 1150. The lowest BCUT2D eigenvalue weighted by molar-refractivity contribution is -0.117. The van der Waals surface area contributed by atoms with Crippen LogP contribution in [0.5, 0.6) is 0 Å². The van der Waals surface area contributed by atoms with Crippen molar-refractivity contribution in [2.24, 2.45) is 5.92 Å². The summed E-state index contributed by atoms with van der Waals surface area (Å²) in [4.78, 5) is 14.8. The third kappa shape index (κ3) is 6.93.